The van der Waals surface area contributed by atoms with E-state index in [-0.39, 0.29) is 6.04 Å². The standard InChI is InChI=1S/C14H28N2O2S/c1-11-7-9-16(10-8-11)19(17,18)15-14-6-4-5-12(2)13(14)3/h11-15H,4-10H2,1-3H3. The van der Waals surface area contributed by atoms with Gasteiger partial charge in [0, 0.05) is 19.1 Å². The third-order valence-corrected chi connectivity index (χ3v) is 6.74. The van der Waals surface area contributed by atoms with Gasteiger partial charge in [0.05, 0.1) is 0 Å². The Balaban J connectivity index is 1.96. The zero-order valence-corrected chi connectivity index (χ0v) is 13.2. The quantitative estimate of drug-likeness (QED) is 0.867. The number of rotatable bonds is 3. The van der Waals surface area contributed by atoms with E-state index in [0.717, 1.165) is 25.7 Å². The Morgan fingerprint density at radius 3 is 2.26 bits per heavy atom. The third kappa shape index (κ3) is 3.70. The summed E-state index contributed by atoms with van der Waals surface area (Å²) in [5.74, 6) is 1.70. The summed E-state index contributed by atoms with van der Waals surface area (Å²) in [6, 6.07) is 0.119. The molecule has 1 saturated carbocycles. The molecule has 0 spiro atoms. The summed E-state index contributed by atoms with van der Waals surface area (Å²) in [5, 5.41) is 0. The zero-order chi connectivity index (χ0) is 14.0. The summed E-state index contributed by atoms with van der Waals surface area (Å²) < 4.78 is 29.5. The van der Waals surface area contributed by atoms with Gasteiger partial charge in [-0.25, -0.2) is 0 Å². The van der Waals surface area contributed by atoms with Crippen LogP contribution in [0.4, 0.5) is 0 Å². The predicted octanol–water partition coefficient (Wildman–Crippen LogP) is 2.38. The van der Waals surface area contributed by atoms with Crippen LogP contribution in [0.5, 0.6) is 0 Å². The maximum Gasteiger partial charge on any atom is 0.279 e. The Bertz CT molecular complexity index is 388. The molecule has 0 radical (unpaired) electrons. The molecule has 0 bridgehead atoms. The van der Waals surface area contributed by atoms with Crippen molar-refractivity contribution in [3.8, 4) is 0 Å². The van der Waals surface area contributed by atoms with Gasteiger partial charge in [0.25, 0.3) is 10.2 Å². The van der Waals surface area contributed by atoms with E-state index < -0.39 is 10.2 Å². The van der Waals surface area contributed by atoms with Gasteiger partial charge in [-0.2, -0.15) is 17.4 Å². The first kappa shape index (κ1) is 15.3. The molecule has 3 atom stereocenters. The van der Waals surface area contributed by atoms with Crippen LogP contribution in [0.1, 0.15) is 52.9 Å². The van der Waals surface area contributed by atoms with Gasteiger partial charge in [0.1, 0.15) is 0 Å². The predicted molar refractivity (Wildman–Crippen MR) is 78.0 cm³/mol. The minimum Gasteiger partial charge on any atom is -0.199 e. The molecule has 1 aliphatic carbocycles. The van der Waals surface area contributed by atoms with Crippen LogP contribution in [0.3, 0.4) is 0 Å². The Labute approximate surface area is 118 Å². The fourth-order valence-electron chi connectivity index (χ4n) is 3.24. The summed E-state index contributed by atoms with van der Waals surface area (Å²) in [7, 11) is -3.28. The van der Waals surface area contributed by atoms with E-state index in [4.69, 9.17) is 0 Å². The molecule has 112 valence electrons. The van der Waals surface area contributed by atoms with E-state index in [9.17, 15) is 8.42 Å². The van der Waals surface area contributed by atoms with Gasteiger partial charge in [-0.1, -0.05) is 33.6 Å². The molecular weight excluding hydrogens is 260 g/mol. The molecule has 1 aliphatic heterocycles. The average Bonchev–Trinajstić information content (AvgIpc) is 2.35. The minimum atomic E-state index is -3.28. The molecular formula is C14H28N2O2S. The number of hydrogen-bond acceptors (Lipinski definition) is 2. The van der Waals surface area contributed by atoms with E-state index in [2.05, 4.69) is 25.5 Å². The third-order valence-electron chi connectivity index (χ3n) is 5.09. The lowest BCUT2D eigenvalue weighted by atomic mass is 9.78. The highest BCUT2D eigenvalue weighted by Gasteiger charge is 2.33. The normalized spacial score (nSPS) is 35.4. The second kappa shape index (κ2) is 6.10. The maximum absolute atomic E-state index is 12.4. The SMILES string of the molecule is CC1CCN(S(=O)(=O)NC2CCCC(C)C2C)CC1. The molecule has 1 saturated heterocycles. The molecule has 3 unspecified atom stereocenters. The fourth-order valence-corrected chi connectivity index (χ4v) is 4.80. The van der Waals surface area contributed by atoms with Gasteiger partial charge >= 0.3 is 0 Å². The van der Waals surface area contributed by atoms with E-state index >= 15 is 0 Å². The molecule has 2 rings (SSSR count). The molecule has 1 heterocycles. The van der Waals surface area contributed by atoms with Gasteiger partial charge in [-0.05, 0) is 37.0 Å². The number of nitrogens with zero attached hydrogens (tertiary/aromatic N) is 1. The molecule has 19 heavy (non-hydrogen) atoms. The lowest BCUT2D eigenvalue weighted by molar-refractivity contribution is 0.219. The first-order chi connectivity index (χ1) is 8.90. The summed E-state index contributed by atoms with van der Waals surface area (Å²) in [6.07, 6.45) is 5.31. The van der Waals surface area contributed by atoms with Gasteiger partial charge < -0.3 is 0 Å². The molecule has 2 fully saturated rings. The smallest absolute Gasteiger partial charge is 0.199 e. The first-order valence-electron chi connectivity index (χ1n) is 7.67. The lowest BCUT2D eigenvalue weighted by Gasteiger charge is -2.37. The Hall–Kier alpha value is -0.130. The first-order valence-corrected chi connectivity index (χ1v) is 9.11. The minimum absolute atomic E-state index is 0.119. The molecule has 0 aromatic rings. The van der Waals surface area contributed by atoms with Crippen molar-refractivity contribution in [2.45, 2.75) is 58.9 Å². The number of nitrogens with one attached hydrogen (secondary N) is 1. The molecule has 0 amide bonds. The summed E-state index contributed by atoms with van der Waals surface area (Å²) in [6.45, 7) is 7.95. The van der Waals surface area contributed by atoms with Crippen molar-refractivity contribution in [2.75, 3.05) is 13.1 Å². The van der Waals surface area contributed by atoms with Crippen molar-refractivity contribution < 1.29 is 8.42 Å². The molecule has 5 heteroatoms. The van der Waals surface area contributed by atoms with Crippen molar-refractivity contribution >= 4 is 10.2 Å². The van der Waals surface area contributed by atoms with Crippen molar-refractivity contribution in [3.05, 3.63) is 0 Å². The van der Waals surface area contributed by atoms with Gasteiger partial charge in [0.2, 0.25) is 0 Å². The Morgan fingerprint density at radius 1 is 1.00 bits per heavy atom. The summed E-state index contributed by atoms with van der Waals surface area (Å²) in [5.41, 5.74) is 0. The summed E-state index contributed by atoms with van der Waals surface area (Å²) >= 11 is 0. The van der Waals surface area contributed by atoms with E-state index in [0.29, 0.717) is 30.8 Å². The molecule has 0 aromatic carbocycles. The lowest BCUT2D eigenvalue weighted by Crippen LogP contribution is -2.51. The highest BCUT2D eigenvalue weighted by atomic mass is 32.2. The highest BCUT2D eigenvalue weighted by molar-refractivity contribution is 7.87. The van der Waals surface area contributed by atoms with E-state index in [1.807, 2.05) is 0 Å². The Kier molecular flexibility index (Phi) is 4.90. The summed E-state index contributed by atoms with van der Waals surface area (Å²) in [4.78, 5) is 0. The second-order valence-corrected chi connectivity index (χ2v) is 8.28. The van der Waals surface area contributed by atoms with Crippen molar-refractivity contribution in [2.24, 2.45) is 17.8 Å². The van der Waals surface area contributed by atoms with Crippen molar-refractivity contribution in [3.63, 3.8) is 0 Å². The van der Waals surface area contributed by atoms with Crippen LogP contribution in [0.25, 0.3) is 0 Å². The topological polar surface area (TPSA) is 49.4 Å². The van der Waals surface area contributed by atoms with Crippen molar-refractivity contribution in [1.82, 2.24) is 9.03 Å². The zero-order valence-electron chi connectivity index (χ0n) is 12.4. The maximum atomic E-state index is 12.4. The molecule has 4 nitrogen and oxygen atoms in total. The van der Waals surface area contributed by atoms with Crippen LogP contribution in [0.15, 0.2) is 0 Å². The molecule has 2 aliphatic rings. The van der Waals surface area contributed by atoms with Crippen LogP contribution < -0.4 is 4.72 Å². The van der Waals surface area contributed by atoms with E-state index in [1.165, 1.54) is 6.42 Å². The monoisotopic (exact) mass is 288 g/mol. The van der Waals surface area contributed by atoms with Crippen molar-refractivity contribution in [1.29, 1.82) is 0 Å². The van der Waals surface area contributed by atoms with Crippen LogP contribution in [-0.2, 0) is 10.2 Å². The van der Waals surface area contributed by atoms with Gasteiger partial charge in [-0.15, -0.1) is 0 Å². The highest BCUT2D eigenvalue weighted by Crippen LogP contribution is 2.30. The molecule has 0 aromatic heterocycles. The number of hydrogen-bond donors (Lipinski definition) is 1. The van der Waals surface area contributed by atoms with E-state index in [1.54, 1.807) is 4.31 Å². The largest absolute Gasteiger partial charge is 0.279 e. The van der Waals surface area contributed by atoms with Gasteiger partial charge in [-0.3, -0.25) is 0 Å². The van der Waals surface area contributed by atoms with Crippen LogP contribution >= 0.6 is 0 Å². The van der Waals surface area contributed by atoms with Gasteiger partial charge in [0.15, 0.2) is 0 Å². The van der Waals surface area contributed by atoms with Crippen LogP contribution in [-0.4, -0.2) is 31.9 Å². The second-order valence-electron chi connectivity index (χ2n) is 6.58. The fraction of sp³-hybridized carbons (Fsp3) is 1.00. The van der Waals surface area contributed by atoms with Crippen LogP contribution in [0, 0.1) is 17.8 Å². The molecule has 1 N–H and O–H groups in total. The van der Waals surface area contributed by atoms with Crippen LogP contribution in [0.2, 0.25) is 0 Å². The number of piperidine rings is 1. The average molecular weight is 288 g/mol. The Morgan fingerprint density at radius 2 is 1.63 bits per heavy atom.